The van der Waals surface area contributed by atoms with Gasteiger partial charge in [-0.25, -0.2) is 4.79 Å². The fourth-order valence-electron chi connectivity index (χ4n) is 2.18. The van der Waals surface area contributed by atoms with Crippen LogP contribution in [-0.4, -0.2) is 55.1 Å². The van der Waals surface area contributed by atoms with Gasteiger partial charge in [0.25, 0.3) is 0 Å². The molecule has 1 rings (SSSR count). The maximum absolute atomic E-state index is 12.3. The summed E-state index contributed by atoms with van der Waals surface area (Å²) in [6.07, 6.45) is 4.85. The molecule has 0 spiro atoms. The number of esters is 1. The van der Waals surface area contributed by atoms with Gasteiger partial charge in [-0.05, 0) is 19.8 Å². The molecule has 0 saturated carbocycles. The van der Waals surface area contributed by atoms with E-state index in [-0.39, 0.29) is 18.4 Å². The lowest BCUT2D eigenvalue weighted by Gasteiger charge is -2.28. The molecule has 5 heteroatoms. The van der Waals surface area contributed by atoms with Gasteiger partial charge >= 0.3 is 12.0 Å². The largest absolute Gasteiger partial charge is 0.469 e. The Morgan fingerprint density at radius 2 is 1.78 bits per heavy atom. The molecule has 0 atom stereocenters. The Bertz CT molecular complexity index is 273. The van der Waals surface area contributed by atoms with E-state index in [9.17, 15) is 9.59 Å². The molecule has 0 radical (unpaired) electrons. The van der Waals surface area contributed by atoms with Gasteiger partial charge in [0.05, 0.1) is 13.5 Å². The Hall–Kier alpha value is -1.26. The van der Waals surface area contributed by atoms with E-state index >= 15 is 0 Å². The highest BCUT2D eigenvalue weighted by atomic mass is 16.5. The van der Waals surface area contributed by atoms with Crippen molar-refractivity contribution in [3.8, 4) is 0 Å². The van der Waals surface area contributed by atoms with Crippen LogP contribution in [0.25, 0.3) is 0 Å². The van der Waals surface area contributed by atoms with Crippen LogP contribution in [0, 0.1) is 0 Å². The van der Waals surface area contributed by atoms with Crippen molar-refractivity contribution in [2.75, 3.05) is 33.3 Å². The summed E-state index contributed by atoms with van der Waals surface area (Å²) in [4.78, 5) is 27.0. The van der Waals surface area contributed by atoms with Crippen molar-refractivity contribution >= 4 is 12.0 Å². The molecular weight excluding hydrogens is 232 g/mol. The lowest BCUT2D eigenvalue weighted by molar-refractivity contribution is -0.140. The topological polar surface area (TPSA) is 49.9 Å². The summed E-state index contributed by atoms with van der Waals surface area (Å²) in [6, 6.07) is 0.0586. The predicted octanol–water partition coefficient (Wildman–Crippen LogP) is 1.87. The van der Waals surface area contributed by atoms with Crippen molar-refractivity contribution in [1.29, 1.82) is 0 Å². The molecular formula is C13H24N2O3. The first-order chi connectivity index (χ1) is 8.69. The van der Waals surface area contributed by atoms with Crippen LogP contribution < -0.4 is 0 Å². The highest BCUT2D eigenvalue weighted by Gasteiger charge is 2.21. The molecule has 0 bridgehead atoms. The van der Waals surface area contributed by atoms with Gasteiger partial charge in [0.15, 0.2) is 0 Å². The van der Waals surface area contributed by atoms with E-state index in [1.54, 1.807) is 4.90 Å². The Balaban J connectivity index is 2.46. The normalized spacial score (nSPS) is 16.0. The summed E-state index contributed by atoms with van der Waals surface area (Å²) in [6.45, 7) is 4.69. The fraction of sp³-hybridized carbons (Fsp3) is 0.846. The third kappa shape index (κ3) is 4.55. The molecule has 1 aliphatic rings. The zero-order valence-corrected chi connectivity index (χ0v) is 11.5. The zero-order valence-electron chi connectivity index (χ0n) is 11.5. The van der Waals surface area contributed by atoms with Gasteiger partial charge in [-0.2, -0.15) is 0 Å². The number of urea groups is 1. The van der Waals surface area contributed by atoms with Crippen molar-refractivity contribution in [3.05, 3.63) is 0 Å². The maximum Gasteiger partial charge on any atom is 0.320 e. The molecule has 0 aromatic rings. The fourth-order valence-corrected chi connectivity index (χ4v) is 2.18. The third-order valence-electron chi connectivity index (χ3n) is 3.34. The minimum Gasteiger partial charge on any atom is -0.469 e. The van der Waals surface area contributed by atoms with Gasteiger partial charge in [0, 0.05) is 26.2 Å². The highest BCUT2D eigenvalue weighted by Crippen LogP contribution is 2.12. The van der Waals surface area contributed by atoms with Crippen LogP contribution in [0.4, 0.5) is 4.79 Å². The lowest BCUT2D eigenvalue weighted by Crippen LogP contribution is -2.44. The second-order valence-electron chi connectivity index (χ2n) is 4.59. The maximum atomic E-state index is 12.3. The zero-order chi connectivity index (χ0) is 13.4. The number of hydrogen-bond donors (Lipinski definition) is 0. The minimum atomic E-state index is -0.267. The Kier molecular flexibility index (Phi) is 6.54. The van der Waals surface area contributed by atoms with Crippen molar-refractivity contribution in [2.24, 2.45) is 0 Å². The van der Waals surface area contributed by atoms with Gasteiger partial charge < -0.3 is 14.5 Å². The second kappa shape index (κ2) is 7.95. The van der Waals surface area contributed by atoms with Crippen LogP contribution in [0.2, 0.25) is 0 Å². The van der Waals surface area contributed by atoms with Gasteiger partial charge in [-0.1, -0.05) is 12.8 Å². The number of hydrogen-bond acceptors (Lipinski definition) is 3. The molecule has 18 heavy (non-hydrogen) atoms. The first-order valence-corrected chi connectivity index (χ1v) is 6.79. The summed E-state index contributed by atoms with van der Waals surface area (Å²) in [5.74, 6) is -0.267. The van der Waals surface area contributed by atoms with Gasteiger partial charge in [0.1, 0.15) is 0 Å². The van der Waals surface area contributed by atoms with Gasteiger partial charge in [0.2, 0.25) is 0 Å². The molecule has 2 amide bonds. The lowest BCUT2D eigenvalue weighted by atomic mass is 10.2. The summed E-state index contributed by atoms with van der Waals surface area (Å²) < 4.78 is 4.60. The molecule has 1 fully saturated rings. The van der Waals surface area contributed by atoms with Gasteiger partial charge in [-0.15, -0.1) is 0 Å². The van der Waals surface area contributed by atoms with Crippen LogP contribution in [0.5, 0.6) is 0 Å². The van der Waals surface area contributed by atoms with E-state index in [0.29, 0.717) is 13.1 Å². The van der Waals surface area contributed by atoms with Crippen molar-refractivity contribution in [2.45, 2.75) is 39.0 Å². The summed E-state index contributed by atoms with van der Waals surface area (Å²) >= 11 is 0. The molecule has 5 nitrogen and oxygen atoms in total. The molecule has 0 aromatic carbocycles. The number of methoxy groups -OCH3 is 1. The molecule has 1 saturated heterocycles. The quantitative estimate of drug-likeness (QED) is 0.721. The second-order valence-corrected chi connectivity index (χ2v) is 4.59. The molecule has 104 valence electrons. The summed E-state index contributed by atoms with van der Waals surface area (Å²) in [5.41, 5.74) is 0. The molecule has 1 heterocycles. The molecule has 1 aliphatic heterocycles. The van der Waals surface area contributed by atoms with Crippen LogP contribution in [-0.2, 0) is 9.53 Å². The number of nitrogens with zero attached hydrogens (tertiary/aromatic N) is 2. The minimum absolute atomic E-state index is 0.0586. The molecule has 0 aromatic heterocycles. The van der Waals surface area contributed by atoms with E-state index < -0.39 is 0 Å². The number of ether oxygens (including phenoxy) is 1. The number of carbonyl (C=O) groups excluding carboxylic acids is 2. The van der Waals surface area contributed by atoms with Gasteiger partial charge in [-0.3, -0.25) is 4.79 Å². The number of likely N-dealkylation sites (tertiary alicyclic amines) is 1. The van der Waals surface area contributed by atoms with Crippen LogP contribution in [0.3, 0.4) is 0 Å². The monoisotopic (exact) mass is 256 g/mol. The van der Waals surface area contributed by atoms with Crippen molar-refractivity contribution < 1.29 is 14.3 Å². The van der Waals surface area contributed by atoms with E-state index in [1.165, 1.54) is 20.0 Å². The highest BCUT2D eigenvalue weighted by molar-refractivity contribution is 5.75. The van der Waals surface area contributed by atoms with Crippen molar-refractivity contribution in [1.82, 2.24) is 9.80 Å². The number of amides is 2. The Morgan fingerprint density at radius 1 is 1.17 bits per heavy atom. The smallest absolute Gasteiger partial charge is 0.320 e. The SMILES string of the molecule is CCN(CCC(=O)OC)C(=O)N1CCCCCC1. The van der Waals surface area contributed by atoms with E-state index in [0.717, 1.165) is 25.9 Å². The predicted molar refractivity (Wildman–Crippen MR) is 69.3 cm³/mol. The average molecular weight is 256 g/mol. The number of carbonyl (C=O) groups is 2. The molecule has 0 N–H and O–H groups in total. The standard InChI is InChI=1S/C13H24N2O3/c1-3-14(11-8-12(16)18-2)13(17)15-9-6-4-5-7-10-15/h3-11H2,1-2H3. The van der Waals surface area contributed by atoms with Crippen molar-refractivity contribution in [3.63, 3.8) is 0 Å². The van der Waals surface area contributed by atoms with E-state index in [1.807, 2.05) is 11.8 Å². The molecule has 0 aliphatic carbocycles. The Morgan fingerprint density at radius 3 is 2.28 bits per heavy atom. The van der Waals surface area contributed by atoms with Crippen LogP contribution in [0.15, 0.2) is 0 Å². The first-order valence-electron chi connectivity index (χ1n) is 6.79. The molecule has 0 unspecified atom stereocenters. The number of rotatable bonds is 4. The summed E-state index contributed by atoms with van der Waals surface area (Å²) in [7, 11) is 1.37. The van der Waals surface area contributed by atoms with Crippen LogP contribution in [0.1, 0.15) is 39.0 Å². The average Bonchev–Trinajstić information content (AvgIpc) is 2.67. The van der Waals surface area contributed by atoms with E-state index in [2.05, 4.69) is 4.74 Å². The van der Waals surface area contributed by atoms with E-state index in [4.69, 9.17) is 0 Å². The first kappa shape index (κ1) is 14.8. The third-order valence-corrected chi connectivity index (χ3v) is 3.34. The Labute approximate surface area is 109 Å². The van der Waals surface area contributed by atoms with Crippen LogP contribution >= 0.6 is 0 Å². The summed E-state index contributed by atoms with van der Waals surface area (Å²) in [5, 5.41) is 0.